The number of allylic oxidation sites excluding steroid dienone is 9. The van der Waals surface area contributed by atoms with E-state index in [1.54, 1.807) is 0 Å². The van der Waals surface area contributed by atoms with E-state index < -0.39 is 12.5 Å². The van der Waals surface area contributed by atoms with E-state index in [0.717, 1.165) is 0 Å². The molecule has 0 bridgehead atoms. The van der Waals surface area contributed by atoms with Gasteiger partial charge in [0.2, 0.25) is 0 Å². The van der Waals surface area contributed by atoms with Gasteiger partial charge in [-0.3, -0.25) is 0 Å². The van der Waals surface area contributed by atoms with E-state index in [2.05, 4.69) is 0 Å². The minimum Gasteiger partial charge on any atom is -0.358 e. The molecule has 0 aromatic rings. The van der Waals surface area contributed by atoms with Gasteiger partial charge in [-0.05, 0) is 0 Å². The number of rotatable bonds is 1. The fourth-order valence-corrected chi connectivity index (χ4v) is 0.724. The normalized spacial score (nSPS) is 12.7. The summed E-state index contributed by atoms with van der Waals surface area (Å²) in [5.74, 6) is 0. The molecule has 0 fully saturated rings. The van der Waals surface area contributed by atoms with E-state index in [1.165, 1.54) is 0 Å². The van der Waals surface area contributed by atoms with Crippen molar-refractivity contribution < 1.29 is 38.6 Å². The summed E-state index contributed by atoms with van der Waals surface area (Å²) in [6, 6.07) is 0. The molecule has 106 valence electrons. The standard InChI is InChI=1S/2C5H5.C3HF4.CH4.Mo/c2*1-2-4-5-3-1;4-2(5)1-3(6)7;;/h2*1-5H;2H;1H4;/q;;-1;;. The van der Waals surface area contributed by atoms with Crippen LogP contribution in [-0.2, 0) is 21.1 Å². The first-order valence-corrected chi connectivity index (χ1v) is 4.69. The van der Waals surface area contributed by atoms with E-state index in [1.807, 2.05) is 61.4 Å². The average molecular weight is 355 g/mol. The minimum atomic E-state index is -3.16. The molecule has 5 heteroatoms. The summed E-state index contributed by atoms with van der Waals surface area (Å²) in [4.78, 5) is 0. The van der Waals surface area contributed by atoms with Crippen molar-refractivity contribution in [3.8, 4) is 0 Å². The Balaban J connectivity index is -0.000000194. The zero-order valence-corrected chi connectivity index (χ0v) is 11.3. The molecule has 0 atom stereocenters. The van der Waals surface area contributed by atoms with Crippen LogP contribution in [0.1, 0.15) is 7.43 Å². The third kappa shape index (κ3) is 22.7. The summed E-state index contributed by atoms with van der Waals surface area (Å²) in [6.45, 7) is 0. The van der Waals surface area contributed by atoms with Gasteiger partial charge in [0.05, 0.1) is 6.08 Å². The molecule has 2 rings (SSSR count). The third-order valence-corrected chi connectivity index (χ3v) is 1.33. The van der Waals surface area contributed by atoms with Gasteiger partial charge in [-0.1, -0.05) is 56.0 Å². The van der Waals surface area contributed by atoms with E-state index in [-0.39, 0.29) is 28.5 Å². The SMILES string of the molecule is C.FC(F)=[C-]C(F)F.[CH]1C=CC=C1.[CH]1C=CC=C1.[Mo]. The monoisotopic (exact) mass is 357 g/mol. The summed E-state index contributed by atoms with van der Waals surface area (Å²) in [5.41, 5.74) is 0. The van der Waals surface area contributed by atoms with Gasteiger partial charge in [-0.25, -0.2) is 17.6 Å². The summed E-state index contributed by atoms with van der Waals surface area (Å²) < 4.78 is 42.6. The molecule has 0 spiro atoms. The summed E-state index contributed by atoms with van der Waals surface area (Å²) in [7, 11) is 0. The average Bonchev–Trinajstić information content (AvgIpc) is 2.96. The zero-order valence-electron chi connectivity index (χ0n) is 9.27. The molecule has 2 aliphatic carbocycles. The second kappa shape index (κ2) is 17.1. The number of alkyl halides is 2. The van der Waals surface area contributed by atoms with Crippen molar-refractivity contribution in [2.75, 3.05) is 0 Å². The maximum Gasteiger partial charge on any atom is 0.120 e. The van der Waals surface area contributed by atoms with Gasteiger partial charge in [0.1, 0.15) is 6.43 Å². The Morgan fingerprint density at radius 3 is 1.11 bits per heavy atom. The summed E-state index contributed by atoms with van der Waals surface area (Å²) in [5, 5.41) is 0. The van der Waals surface area contributed by atoms with Crippen LogP contribution in [0.3, 0.4) is 0 Å². The van der Waals surface area contributed by atoms with Crippen molar-refractivity contribution in [3.05, 3.63) is 73.6 Å². The Labute approximate surface area is 126 Å². The minimum absolute atomic E-state index is 0. The first kappa shape index (κ1) is 23.2. The second-order valence-electron chi connectivity index (χ2n) is 2.63. The molecule has 0 heterocycles. The molecule has 19 heavy (non-hydrogen) atoms. The van der Waals surface area contributed by atoms with Crippen LogP contribution in [0.4, 0.5) is 17.6 Å². The predicted molar refractivity (Wildman–Crippen MR) is 66.9 cm³/mol. The van der Waals surface area contributed by atoms with Gasteiger partial charge in [-0.15, -0.1) is 0 Å². The van der Waals surface area contributed by atoms with E-state index in [4.69, 9.17) is 0 Å². The Morgan fingerprint density at radius 1 is 0.737 bits per heavy atom. The third-order valence-electron chi connectivity index (χ3n) is 1.33. The fraction of sp³-hybridized carbons (Fsp3) is 0.143. The molecule has 0 nitrogen and oxygen atoms in total. The second-order valence-corrected chi connectivity index (χ2v) is 2.63. The van der Waals surface area contributed by atoms with Gasteiger partial charge < -0.3 is 6.08 Å². The molecule has 0 saturated heterocycles. The van der Waals surface area contributed by atoms with Crippen LogP contribution < -0.4 is 0 Å². The molecule has 0 aliphatic heterocycles. The topological polar surface area (TPSA) is 0 Å². The van der Waals surface area contributed by atoms with Gasteiger partial charge in [0.15, 0.2) is 0 Å². The Bertz CT molecular complexity index is 282. The van der Waals surface area contributed by atoms with Gasteiger partial charge in [0, 0.05) is 33.9 Å². The zero-order chi connectivity index (χ0) is 12.9. The first-order chi connectivity index (χ1) is 8.13. The summed E-state index contributed by atoms with van der Waals surface area (Å²) in [6.07, 6.45) is 14.9. The molecule has 2 radical (unpaired) electrons. The van der Waals surface area contributed by atoms with Crippen LogP contribution >= 0.6 is 0 Å². The van der Waals surface area contributed by atoms with Gasteiger partial charge in [-0.2, -0.15) is 0 Å². The molecule has 0 N–H and O–H groups in total. The van der Waals surface area contributed by atoms with Gasteiger partial charge >= 0.3 is 0 Å². The van der Waals surface area contributed by atoms with E-state index >= 15 is 0 Å². The number of hydrogen-bond donors (Lipinski definition) is 0. The summed E-state index contributed by atoms with van der Waals surface area (Å²) >= 11 is 0. The van der Waals surface area contributed by atoms with E-state index in [9.17, 15) is 17.6 Å². The number of hydrogen-bond acceptors (Lipinski definition) is 0. The molecule has 0 unspecified atom stereocenters. The maximum atomic E-state index is 10.7. The molecule has 2 aliphatic rings. The largest absolute Gasteiger partial charge is 0.358 e. The van der Waals surface area contributed by atoms with Gasteiger partial charge in [0.25, 0.3) is 0 Å². The van der Waals surface area contributed by atoms with Crippen molar-refractivity contribution in [3.63, 3.8) is 0 Å². The van der Waals surface area contributed by atoms with Crippen LogP contribution in [-0.4, -0.2) is 6.43 Å². The van der Waals surface area contributed by atoms with E-state index in [0.29, 0.717) is 6.08 Å². The fourth-order valence-electron chi connectivity index (χ4n) is 0.724. The predicted octanol–water partition coefficient (Wildman–Crippen LogP) is 5.10. The Hall–Kier alpha value is -0.892. The van der Waals surface area contributed by atoms with Crippen molar-refractivity contribution in [2.24, 2.45) is 0 Å². The number of halogens is 4. The van der Waals surface area contributed by atoms with Crippen LogP contribution in [0.5, 0.6) is 0 Å². The van der Waals surface area contributed by atoms with Crippen LogP contribution in [0.2, 0.25) is 0 Å². The Morgan fingerprint density at radius 2 is 1.05 bits per heavy atom. The van der Waals surface area contributed by atoms with Crippen molar-refractivity contribution in [1.82, 2.24) is 0 Å². The van der Waals surface area contributed by atoms with Crippen LogP contribution in [0.25, 0.3) is 0 Å². The quantitative estimate of drug-likeness (QED) is 0.349. The van der Waals surface area contributed by atoms with Crippen LogP contribution in [0, 0.1) is 18.9 Å². The van der Waals surface area contributed by atoms with Crippen molar-refractivity contribution in [1.29, 1.82) is 0 Å². The van der Waals surface area contributed by atoms with Crippen molar-refractivity contribution >= 4 is 0 Å². The first-order valence-electron chi connectivity index (χ1n) is 4.69. The molecular formula is C14H15F4Mo-. The smallest absolute Gasteiger partial charge is 0.120 e. The van der Waals surface area contributed by atoms with Crippen LogP contribution in [0.15, 0.2) is 54.7 Å². The maximum absolute atomic E-state index is 10.7. The molecule has 0 amide bonds. The molecular weight excluding hydrogens is 340 g/mol. The molecule has 0 aromatic carbocycles. The Kier molecular flexibility index (Phi) is 20.9. The molecule has 0 aromatic heterocycles. The molecule has 0 saturated carbocycles. The van der Waals surface area contributed by atoms with Crippen molar-refractivity contribution in [2.45, 2.75) is 13.9 Å².